The van der Waals surface area contributed by atoms with Crippen molar-refractivity contribution in [3.8, 4) is 11.5 Å². The van der Waals surface area contributed by atoms with Gasteiger partial charge in [-0.15, -0.1) is 11.8 Å². The molecule has 3 aromatic rings. The van der Waals surface area contributed by atoms with E-state index in [0.29, 0.717) is 23.6 Å². The van der Waals surface area contributed by atoms with Crippen molar-refractivity contribution >= 4 is 39.1 Å². The minimum absolute atomic E-state index is 0.0578. The quantitative estimate of drug-likeness (QED) is 0.532. The van der Waals surface area contributed by atoms with Gasteiger partial charge in [0.25, 0.3) is 0 Å². The zero-order chi connectivity index (χ0) is 19.8. The molecule has 0 amide bonds. The van der Waals surface area contributed by atoms with Crippen LogP contribution in [0.25, 0.3) is 0 Å². The standard InChI is InChI=1S/C21H16BrNO4S/c1-11-8-17(25)20(21(26)27-11)15-10-19(13-9-12(22)6-7-16(13)24)28-18-5-3-2-4-14(18)23-15/h2-9,19,24-25H,10H2,1H3. The number of thioether (sulfide) groups is 1. The number of fused-ring (bicyclic) bond motifs is 1. The van der Waals surface area contributed by atoms with Crippen molar-refractivity contribution in [3.63, 3.8) is 0 Å². The molecule has 1 aromatic heterocycles. The second kappa shape index (κ2) is 7.48. The number of para-hydroxylation sites is 1. The van der Waals surface area contributed by atoms with E-state index in [2.05, 4.69) is 20.9 Å². The zero-order valence-corrected chi connectivity index (χ0v) is 17.3. The first-order valence-corrected chi connectivity index (χ1v) is 10.3. The van der Waals surface area contributed by atoms with Gasteiger partial charge in [-0.25, -0.2) is 4.79 Å². The maximum absolute atomic E-state index is 12.5. The summed E-state index contributed by atoms with van der Waals surface area (Å²) in [5, 5.41) is 20.6. The van der Waals surface area contributed by atoms with Crippen LogP contribution in [0.5, 0.6) is 11.5 Å². The normalized spacial score (nSPS) is 16.2. The number of hydrogen-bond acceptors (Lipinski definition) is 6. The number of aryl methyl sites for hydroxylation is 1. The molecule has 4 rings (SSSR count). The van der Waals surface area contributed by atoms with Crippen LogP contribution >= 0.6 is 27.7 Å². The molecule has 0 bridgehead atoms. The van der Waals surface area contributed by atoms with Crippen LogP contribution < -0.4 is 5.63 Å². The molecule has 2 aromatic carbocycles. The van der Waals surface area contributed by atoms with E-state index in [9.17, 15) is 15.0 Å². The topological polar surface area (TPSA) is 83.0 Å². The van der Waals surface area contributed by atoms with Crippen molar-refractivity contribution in [2.45, 2.75) is 23.5 Å². The van der Waals surface area contributed by atoms with Gasteiger partial charge in [-0.05, 0) is 37.3 Å². The second-order valence-corrected chi connectivity index (χ2v) is 8.60. The van der Waals surface area contributed by atoms with E-state index in [4.69, 9.17) is 4.42 Å². The minimum Gasteiger partial charge on any atom is -0.508 e. The van der Waals surface area contributed by atoms with Crippen LogP contribution in [-0.4, -0.2) is 15.9 Å². The molecule has 7 heteroatoms. The number of phenolic OH excluding ortho intramolecular Hbond substituents is 1. The van der Waals surface area contributed by atoms with Crippen molar-refractivity contribution in [1.82, 2.24) is 0 Å². The number of aromatic hydroxyl groups is 2. The number of aliphatic imine (C=N–C) groups is 1. The smallest absolute Gasteiger partial charge is 0.348 e. The first-order chi connectivity index (χ1) is 13.4. The van der Waals surface area contributed by atoms with Crippen LogP contribution in [0.15, 0.2) is 72.1 Å². The van der Waals surface area contributed by atoms with E-state index in [-0.39, 0.29) is 22.3 Å². The van der Waals surface area contributed by atoms with Gasteiger partial charge in [-0.1, -0.05) is 28.1 Å². The first kappa shape index (κ1) is 18.8. The Bertz CT molecular complexity index is 1160. The third-order valence-electron chi connectivity index (χ3n) is 4.45. The third kappa shape index (κ3) is 3.59. The molecule has 0 spiro atoms. The van der Waals surface area contributed by atoms with E-state index in [1.165, 1.54) is 6.07 Å². The van der Waals surface area contributed by atoms with E-state index < -0.39 is 5.63 Å². The largest absolute Gasteiger partial charge is 0.508 e. The number of phenols is 1. The molecule has 2 N–H and O–H groups in total. The van der Waals surface area contributed by atoms with Gasteiger partial charge in [0.15, 0.2) is 0 Å². The molecule has 2 heterocycles. The lowest BCUT2D eigenvalue weighted by molar-refractivity contribution is 0.432. The van der Waals surface area contributed by atoms with Crippen molar-refractivity contribution in [2.75, 3.05) is 0 Å². The summed E-state index contributed by atoms with van der Waals surface area (Å²) in [7, 11) is 0. The molecule has 1 atom stereocenters. The van der Waals surface area contributed by atoms with Crippen LogP contribution in [0.4, 0.5) is 5.69 Å². The van der Waals surface area contributed by atoms with Gasteiger partial charge >= 0.3 is 5.63 Å². The fourth-order valence-corrected chi connectivity index (χ4v) is 4.82. The Morgan fingerprint density at radius 2 is 1.93 bits per heavy atom. The summed E-state index contributed by atoms with van der Waals surface area (Å²) in [6.45, 7) is 1.60. The zero-order valence-electron chi connectivity index (χ0n) is 14.8. The van der Waals surface area contributed by atoms with Crippen LogP contribution in [0.2, 0.25) is 0 Å². The molecular formula is C21H16BrNO4S. The molecule has 0 saturated carbocycles. The number of benzene rings is 2. The van der Waals surface area contributed by atoms with Crippen molar-refractivity contribution in [3.05, 3.63) is 80.3 Å². The molecular weight excluding hydrogens is 442 g/mol. The Kier molecular flexibility index (Phi) is 5.03. The fourth-order valence-electron chi connectivity index (χ4n) is 3.19. The van der Waals surface area contributed by atoms with E-state index in [1.54, 1.807) is 30.8 Å². The molecule has 0 aliphatic carbocycles. The van der Waals surface area contributed by atoms with Gasteiger partial charge in [0, 0.05) is 32.7 Å². The highest BCUT2D eigenvalue weighted by Crippen LogP contribution is 2.48. The first-order valence-electron chi connectivity index (χ1n) is 8.58. The Balaban J connectivity index is 1.90. The molecule has 142 valence electrons. The lowest BCUT2D eigenvalue weighted by Crippen LogP contribution is -2.17. The van der Waals surface area contributed by atoms with Crippen molar-refractivity contribution < 1.29 is 14.6 Å². The summed E-state index contributed by atoms with van der Waals surface area (Å²) < 4.78 is 6.04. The molecule has 0 radical (unpaired) electrons. The lowest BCUT2D eigenvalue weighted by atomic mass is 10.0. The number of nitrogens with zero attached hydrogens (tertiary/aromatic N) is 1. The van der Waals surface area contributed by atoms with Gasteiger partial charge in [-0.2, -0.15) is 0 Å². The predicted octanol–water partition coefficient (Wildman–Crippen LogP) is 5.48. The molecule has 28 heavy (non-hydrogen) atoms. The molecule has 0 fully saturated rings. The highest BCUT2D eigenvalue weighted by atomic mass is 79.9. The van der Waals surface area contributed by atoms with Crippen LogP contribution in [-0.2, 0) is 0 Å². The van der Waals surface area contributed by atoms with Crippen molar-refractivity contribution in [2.24, 2.45) is 4.99 Å². The summed E-state index contributed by atoms with van der Waals surface area (Å²) in [4.78, 5) is 18.1. The summed E-state index contributed by atoms with van der Waals surface area (Å²) in [6.07, 6.45) is 0.338. The molecule has 1 unspecified atom stereocenters. The van der Waals surface area contributed by atoms with Gasteiger partial charge in [-0.3, -0.25) is 4.99 Å². The van der Waals surface area contributed by atoms with Gasteiger partial charge in [0.1, 0.15) is 22.8 Å². The van der Waals surface area contributed by atoms with E-state index >= 15 is 0 Å². The molecule has 5 nitrogen and oxygen atoms in total. The summed E-state index contributed by atoms with van der Waals surface area (Å²) >= 11 is 5.01. The summed E-state index contributed by atoms with van der Waals surface area (Å²) in [6, 6.07) is 14.3. The molecule has 0 saturated heterocycles. The third-order valence-corrected chi connectivity index (χ3v) is 6.25. The lowest BCUT2D eigenvalue weighted by Gasteiger charge is -2.17. The Labute approximate surface area is 173 Å². The predicted molar refractivity (Wildman–Crippen MR) is 113 cm³/mol. The van der Waals surface area contributed by atoms with Crippen molar-refractivity contribution in [1.29, 1.82) is 0 Å². The average Bonchev–Trinajstić information content (AvgIpc) is 2.82. The van der Waals surface area contributed by atoms with Gasteiger partial charge < -0.3 is 14.6 Å². The monoisotopic (exact) mass is 457 g/mol. The highest BCUT2D eigenvalue weighted by Gasteiger charge is 2.27. The number of halogens is 1. The van der Waals surface area contributed by atoms with Gasteiger partial charge in [0.2, 0.25) is 0 Å². The second-order valence-electron chi connectivity index (χ2n) is 6.44. The number of rotatable bonds is 2. The summed E-state index contributed by atoms with van der Waals surface area (Å²) in [5.41, 5.74) is 1.28. The van der Waals surface area contributed by atoms with E-state index in [1.807, 2.05) is 30.3 Å². The Morgan fingerprint density at radius 1 is 1.14 bits per heavy atom. The van der Waals surface area contributed by atoms with Crippen LogP contribution in [0, 0.1) is 6.92 Å². The Hall–Kier alpha value is -2.51. The maximum Gasteiger partial charge on any atom is 0.348 e. The van der Waals surface area contributed by atoms with Gasteiger partial charge in [0.05, 0.1) is 11.4 Å². The van der Waals surface area contributed by atoms with Crippen LogP contribution in [0.3, 0.4) is 0 Å². The maximum atomic E-state index is 12.5. The van der Waals surface area contributed by atoms with E-state index in [0.717, 1.165) is 14.9 Å². The minimum atomic E-state index is -0.627. The SMILES string of the molecule is Cc1cc(O)c(C2=Nc3ccccc3SC(c3cc(Br)ccc3O)C2)c(=O)o1. The highest BCUT2D eigenvalue weighted by molar-refractivity contribution is 9.10. The van der Waals surface area contributed by atoms with Crippen LogP contribution in [0.1, 0.15) is 28.6 Å². The Morgan fingerprint density at radius 3 is 2.71 bits per heavy atom. The summed E-state index contributed by atoms with van der Waals surface area (Å²) in [5.74, 6) is 0.338. The molecule has 1 aliphatic rings. The fraction of sp³-hybridized carbons (Fsp3) is 0.143. The average molecular weight is 458 g/mol. The number of hydrogen-bond donors (Lipinski definition) is 2. The molecule has 1 aliphatic heterocycles.